The first-order chi connectivity index (χ1) is 14.3. The molecule has 3 aromatic rings. The van der Waals surface area contributed by atoms with Crippen LogP contribution in [0.1, 0.15) is 11.3 Å². The van der Waals surface area contributed by atoms with Gasteiger partial charge in [-0.3, -0.25) is 19.2 Å². The Bertz CT molecular complexity index is 1260. The number of thioether (sulfide) groups is 1. The van der Waals surface area contributed by atoms with Crippen LogP contribution in [0.4, 0.5) is 5.69 Å². The lowest BCUT2D eigenvalue weighted by molar-refractivity contribution is -0.113. The molecule has 0 saturated carbocycles. The maximum Gasteiger partial charge on any atom is 0.296 e. The van der Waals surface area contributed by atoms with Crippen molar-refractivity contribution in [2.45, 2.75) is 6.92 Å². The zero-order valence-electron chi connectivity index (χ0n) is 15.9. The first-order valence-corrected chi connectivity index (χ1v) is 10.9. The molecular weight excluding hydrogens is 461 g/mol. The van der Waals surface area contributed by atoms with Gasteiger partial charge in [0, 0.05) is 22.7 Å². The summed E-state index contributed by atoms with van der Waals surface area (Å²) in [6.07, 6.45) is 1.61. The highest BCUT2D eigenvalue weighted by Gasteiger charge is 2.37. The lowest BCUT2D eigenvalue weighted by Crippen LogP contribution is -2.33. The molecule has 0 bridgehead atoms. The molecule has 1 saturated heterocycles. The normalized spacial score (nSPS) is 15.5. The summed E-state index contributed by atoms with van der Waals surface area (Å²) in [5, 5.41) is 0.852. The average Bonchev–Trinajstić information content (AvgIpc) is 3.11. The molecule has 0 radical (unpaired) electrons. The molecule has 9 heteroatoms. The van der Waals surface area contributed by atoms with Crippen molar-refractivity contribution >= 4 is 69.2 Å². The monoisotopic (exact) mass is 475 g/mol. The second-order valence-corrected chi connectivity index (χ2v) is 9.05. The van der Waals surface area contributed by atoms with Crippen LogP contribution in [0.25, 0.3) is 11.8 Å². The summed E-state index contributed by atoms with van der Waals surface area (Å²) < 4.78 is 3.50. The highest BCUT2D eigenvalue weighted by molar-refractivity contribution is 8.27. The summed E-state index contributed by atoms with van der Waals surface area (Å²) in [6.45, 7) is 1.78. The van der Waals surface area contributed by atoms with Gasteiger partial charge in [0.15, 0.2) is 4.32 Å². The molecule has 1 aliphatic rings. The van der Waals surface area contributed by atoms with Gasteiger partial charge in [0.25, 0.3) is 11.5 Å². The van der Waals surface area contributed by atoms with Crippen molar-refractivity contribution in [1.82, 2.24) is 9.36 Å². The summed E-state index contributed by atoms with van der Waals surface area (Å²) in [7, 11) is 1.77. The number of nitrogens with zero attached hydrogens (tertiary/aromatic N) is 3. The van der Waals surface area contributed by atoms with E-state index in [1.165, 1.54) is 9.58 Å². The van der Waals surface area contributed by atoms with Gasteiger partial charge in [-0.15, -0.1) is 0 Å². The number of anilines is 1. The summed E-state index contributed by atoms with van der Waals surface area (Å²) in [4.78, 5) is 28.1. The smallest absolute Gasteiger partial charge is 0.283 e. The molecule has 1 amide bonds. The number of hydrogen-bond donors (Lipinski definition) is 0. The Kier molecular flexibility index (Phi) is 5.63. The van der Waals surface area contributed by atoms with E-state index in [0.717, 1.165) is 11.8 Å². The van der Waals surface area contributed by atoms with Crippen LogP contribution < -0.4 is 10.5 Å². The topological polar surface area (TPSA) is 47.2 Å². The number of hydrogen-bond acceptors (Lipinski definition) is 4. The van der Waals surface area contributed by atoms with Crippen LogP contribution in [-0.2, 0) is 11.8 Å². The van der Waals surface area contributed by atoms with E-state index in [1.54, 1.807) is 42.9 Å². The molecule has 0 spiro atoms. The van der Waals surface area contributed by atoms with Crippen molar-refractivity contribution in [2.75, 3.05) is 4.90 Å². The second kappa shape index (κ2) is 8.07. The molecular formula is C21H15Cl2N3O2S2. The third-order valence-corrected chi connectivity index (χ3v) is 6.78. The number of carbonyl (C=O) groups is 1. The van der Waals surface area contributed by atoms with Crippen LogP contribution >= 0.6 is 47.2 Å². The van der Waals surface area contributed by atoms with E-state index in [4.69, 9.17) is 35.4 Å². The van der Waals surface area contributed by atoms with Crippen LogP contribution in [0.15, 0.2) is 58.2 Å². The van der Waals surface area contributed by atoms with Gasteiger partial charge < -0.3 is 0 Å². The van der Waals surface area contributed by atoms with Gasteiger partial charge in [0.05, 0.1) is 16.3 Å². The fourth-order valence-corrected chi connectivity index (χ4v) is 5.01. The third-order valence-electron chi connectivity index (χ3n) is 4.82. The highest BCUT2D eigenvalue weighted by Crippen LogP contribution is 2.38. The van der Waals surface area contributed by atoms with E-state index in [0.29, 0.717) is 31.9 Å². The highest BCUT2D eigenvalue weighted by atomic mass is 35.5. The number of halogens is 2. The van der Waals surface area contributed by atoms with Crippen molar-refractivity contribution in [3.8, 4) is 5.69 Å². The number of amides is 1. The molecule has 1 aliphatic heterocycles. The van der Waals surface area contributed by atoms with Crippen molar-refractivity contribution in [3.63, 3.8) is 0 Å². The predicted molar refractivity (Wildman–Crippen MR) is 128 cm³/mol. The molecule has 152 valence electrons. The molecule has 1 aromatic heterocycles. The molecule has 0 unspecified atom stereocenters. The Hall–Kier alpha value is -2.32. The maximum atomic E-state index is 13.3. The van der Waals surface area contributed by atoms with Crippen molar-refractivity contribution in [3.05, 3.63) is 85.1 Å². The van der Waals surface area contributed by atoms with E-state index < -0.39 is 0 Å². The Morgan fingerprint density at radius 1 is 1.00 bits per heavy atom. The Labute approximate surface area is 192 Å². The first kappa shape index (κ1) is 20.9. The second-order valence-electron chi connectivity index (χ2n) is 6.56. The van der Waals surface area contributed by atoms with E-state index in [-0.39, 0.29) is 21.5 Å². The molecule has 2 heterocycles. The largest absolute Gasteiger partial charge is 0.296 e. The van der Waals surface area contributed by atoms with Crippen molar-refractivity contribution < 1.29 is 4.79 Å². The lowest BCUT2D eigenvalue weighted by Gasteiger charge is -2.12. The third kappa shape index (κ3) is 3.41. The van der Waals surface area contributed by atoms with Gasteiger partial charge in [0.1, 0.15) is 5.69 Å². The SMILES string of the molecule is Cc1c(N2C(=O)/C(=C/c3c(Cl)cccc3Cl)SC2=S)c(=O)n(-c2ccccc2)n1C. The minimum Gasteiger partial charge on any atom is -0.283 e. The van der Waals surface area contributed by atoms with Crippen molar-refractivity contribution in [2.24, 2.45) is 7.05 Å². The van der Waals surface area contributed by atoms with Gasteiger partial charge in [-0.05, 0) is 37.3 Å². The number of carbonyl (C=O) groups excluding carboxylic acids is 1. The molecule has 30 heavy (non-hydrogen) atoms. The number of thiocarbonyl (C=S) groups is 1. The van der Waals surface area contributed by atoms with Crippen LogP contribution in [0.3, 0.4) is 0 Å². The zero-order chi connectivity index (χ0) is 21.6. The number of rotatable bonds is 3. The summed E-state index contributed by atoms with van der Waals surface area (Å²) in [6, 6.07) is 14.3. The predicted octanol–water partition coefficient (Wildman–Crippen LogP) is 5.20. The number of para-hydroxylation sites is 1. The zero-order valence-corrected chi connectivity index (χ0v) is 19.1. The van der Waals surface area contributed by atoms with Crippen LogP contribution in [-0.4, -0.2) is 19.6 Å². The van der Waals surface area contributed by atoms with Crippen LogP contribution in [0.5, 0.6) is 0 Å². The minimum atomic E-state index is -0.382. The molecule has 0 N–H and O–H groups in total. The summed E-state index contributed by atoms with van der Waals surface area (Å²) in [5.74, 6) is -0.382. The standard InChI is InChI=1S/C21H15Cl2N3O2S2/c1-12-18(20(28)26(24(12)2)13-7-4-3-5-8-13)25-19(27)17(30-21(25)29)11-14-15(22)9-6-10-16(14)23/h3-11H,1-2H3/b17-11-. The summed E-state index contributed by atoms with van der Waals surface area (Å²) >= 11 is 19.0. The molecule has 4 rings (SSSR count). The van der Waals surface area contributed by atoms with E-state index >= 15 is 0 Å². The van der Waals surface area contributed by atoms with Crippen LogP contribution in [0, 0.1) is 6.92 Å². The molecule has 1 fully saturated rings. The maximum absolute atomic E-state index is 13.3. The Balaban J connectivity index is 1.81. The average molecular weight is 476 g/mol. The minimum absolute atomic E-state index is 0.234. The van der Waals surface area contributed by atoms with Gasteiger partial charge >= 0.3 is 0 Å². The van der Waals surface area contributed by atoms with Gasteiger partial charge in [-0.1, -0.05) is 71.4 Å². The number of aromatic nitrogens is 2. The number of benzene rings is 2. The summed E-state index contributed by atoms with van der Waals surface area (Å²) in [5.41, 5.74) is 1.76. The first-order valence-electron chi connectivity index (χ1n) is 8.87. The quantitative estimate of drug-likeness (QED) is 0.385. The van der Waals surface area contributed by atoms with Crippen LogP contribution in [0.2, 0.25) is 10.0 Å². The van der Waals surface area contributed by atoms with E-state index in [2.05, 4.69) is 0 Å². The van der Waals surface area contributed by atoms with E-state index in [1.807, 2.05) is 30.3 Å². The molecule has 0 atom stereocenters. The lowest BCUT2D eigenvalue weighted by atomic mass is 10.2. The Morgan fingerprint density at radius 2 is 1.63 bits per heavy atom. The van der Waals surface area contributed by atoms with Gasteiger partial charge in [0.2, 0.25) is 0 Å². The fourth-order valence-electron chi connectivity index (χ4n) is 3.25. The van der Waals surface area contributed by atoms with Crippen molar-refractivity contribution in [1.29, 1.82) is 0 Å². The van der Waals surface area contributed by atoms with E-state index in [9.17, 15) is 9.59 Å². The molecule has 0 aliphatic carbocycles. The molecule has 5 nitrogen and oxygen atoms in total. The van der Waals surface area contributed by atoms with Gasteiger partial charge in [-0.2, -0.15) is 0 Å². The molecule has 2 aromatic carbocycles. The fraction of sp³-hybridized carbons (Fsp3) is 0.0952. The Morgan fingerprint density at radius 3 is 2.27 bits per heavy atom. The van der Waals surface area contributed by atoms with Gasteiger partial charge in [-0.25, -0.2) is 4.68 Å².